The van der Waals surface area contributed by atoms with Gasteiger partial charge in [-0.2, -0.15) is 0 Å². The van der Waals surface area contributed by atoms with Crippen LogP contribution in [-0.4, -0.2) is 44.2 Å². The zero-order chi connectivity index (χ0) is 18.0. The summed E-state index contributed by atoms with van der Waals surface area (Å²) in [5, 5.41) is 0.224. The van der Waals surface area contributed by atoms with E-state index in [2.05, 4.69) is 45.7 Å². The van der Waals surface area contributed by atoms with Gasteiger partial charge in [-0.3, -0.25) is 9.69 Å². The Labute approximate surface area is 148 Å². The molecule has 1 aromatic rings. The van der Waals surface area contributed by atoms with E-state index < -0.39 is 8.32 Å². The van der Waals surface area contributed by atoms with Crippen LogP contribution < -0.4 is 0 Å². The van der Waals surface area contributed by atoms with Crippen LogP contribution in [0.5, 0.6) is 0 Å². The molecule has 0 amide bonds. The van der Waals surface area contributed by atoms with E-state index in [9.17, 15) is 4.79 Å². The molecule has 2 rings (SSSR count). The first-order valence-electron chi connectivity index (χ1n) is 9.14. The number of likely N-dealkylation sites (tertiary alicyclic amines) is 1. The van der Waals surface area contributed by atoms with Gasteiger partial charge in [0.05, 0.1) is 12.6 Å². The molecule has 24 heavy (non-hydrogen) atoms. The molecule has 1 aliphatic heterocycles. The van der Waals surface area contributed by atoms with E-state index in [0.717, 1.165) is 24.9 Å². The zero-order valence-corrected chi connectivity index (χ0v) is 17.1. The number of nitrogens with zero attached hydrogens (tertiary/aromatic N) is 1. The number of rotatable bonds is 6. The number of benzene rings is 1. The van der Waals surface area contributed by atoms with Crippen LogP contribution in [0, 0.1) is 0 Å². The topological polar surface area (TPSA) is 29.5 Å². The van der Waals surface area contributed by atoms with Crippen LogP contribution >= 0.6 is 0 Å². The maximum atomic E-state index is 12.5. The van der Waals surface area contributed by atoms with Gasteiger partial charge in [-0.05, 0) is 31.0 Å². The lowest BCUT2D eigenvalue weighted by Crippen LogP contribution is -2.44. The molecule has 0 aromatic heterocycles. The average Bonchev–Trinajstić information content (AvgIpc) is 2.87. The molecule has 2 atom stereocenters. The van der Waals surface area contributed by atoms with Gasteiger partial charge in [-0.15, -0.1) is 0 Å². The Bertz CT molecular complexity index is 551. The van der Waals surface area contributed by atoms with Gasteiger partial charge in [0.25, 0.3) is 0 Å². The van der Waals surface area contributed by atoms with Crippen LogP contribution in [-0.2, 0) is 4.43 Å². The normalized spacial score (nSPS) is 22.8. The predicted octanol–water partition coefficient (Wildman–Crippen LogP) is 4.74. The highest BCUT2D eigenvalue weighted by atomic mass is 28.4. The minimum atomic E-state index is -1.76. The lowest BCUT2D eigenvalue weighted by atomic mass is 10.1. The van der Waals surface area contributed by atoms with E-state index in [0.29, 0.717) is 12.6 Å². The summed E-state index contributed by atoms with van der Waals surface area (Å²) < 4.78 is 6.60. The second-order valence-corrected chi connectivity index (χ2v) is 13.3. The van der Waals surface area contributed by atoms with Gasteiger partial charge in [0.15, 0.2) is 14.1 Å². The van der Waals surface area contributed by atoms with E-state index in [1.807, 2.05) is 30.3 Å². The summed E-state index contributed by atoms with van der Waals surface area (Å²) in [6, 6.07) is 10.1. The van der Waals surface area contributed by atoms with Crippen LogP contribution in [0.3, 0.4) is 0 Å². The Morgan fingerprint density at radius 3 is 2.42 bits per heavy atom. The smallest absolute Gasteiger partial charge is 0.192 e. The van der Waals surface area contributed by atoms with Crippen LogP contribution in [0.2, 0.25) is 18.1 Å². The van der Waals surface area contributed by atoms with Gasteiger partial charge in [0.1, 0.15) is 0 Å². The second-order valence-electron chi connectivity index (χ2n) is 8.52. The molecule has 0 unspecified atom stereocenters. The van der Waals surface area contributed by atoms with Gasteiger partial charge < -0.3 is 4.43 Å². The van der Waals surface area contributed by atoms with Gasteiger partial charge in [0, 0.05) is 18.2 Å². The standard InChI is InChI=1S/C20H33NO2Si/c1-7-17-13-18(23-24(5,6)20(2,3)4)14-21(17)15-19(22)16-11-9-8-10-12-16/h8-12,17-18H,7,13-15H2,1-6H3/t17-,18+/m0/s1. The summed E-state index contributed by atoms with van der Waals surface area (Å²) in [5.74, 6) is 0.210. The van der Waals surface area contributed by atoms with Crippen LogP contribution in [0.15, 0.2) is 30.3 Å². The van der Waals surface area contributed by atoms with Crippen LogP contribution in [0.1, 0.15) is 50.9 Å². The number of hydrogen-bond acceptors (Lipinski definition) is 3. The van der Waals surface area contributed by atoms with Gasteiger partial charge >= 0.3 is 0 Å². The Hall–Kier alpha value is -0.973. The Morgan fingerprint density at radius 2 is 1.88 bits per heavy atom. The van der Waals surface area contributed by atoms with Gasteiger partial charge in [0.2, 0.25) is 0 Å². The van der Waals surface area contributed by atoms with E-state index >= 15 is 0 Å². The third kappa shape index (κ3) is 4.56. The molecule has 0 aliphatic carbocycles. The molecule has 0 radical (unpaired) electrons. The third-order valence-corrected chi connectivity index (χ3v) is 10.2. The first kappa shape index (κ1) is 19.4. The molecule has 1 heterocycles. The number of hydrogen-bond donors (Lipinski definition) is 0. The van der Waals surface area contributed by atoms with Crippen molar-refractivity contribution in [3.8, 4) is 0 Å². The minimum Gasteiger partial charge on any atom is -0.413 e. The molecule has 0 saturated carbocycles. The van der Waals surface area contributed by atoms with Crippen molar-refractivity contribution >= 4 is 14.1 Å². The molecule has 0 N–H and O–H groups in total. The highest BCUT2D eigenvalue weighted by molar-refractivity contribution is 6.74. The molecule has 3 nitrogen and oxygen atoms in total. The molecule has 4 heteroatoms. The van der Waals surface area contributed by atoms with Gasteiger partial charge in [-0.25, -0.2) is 0 Å². The van der Waals surface area contributed by atoms with Crippen molar-refractivity contribution in [2.75, 3.05) is 13.1 Å². The largest absolute Gasteiger partial charge is 0.413 e. The average molecular weight is 348 g/mol. The first-order chi connectivity index (χ1) is 11.1. The number of carbonyl (C=O) groups is 1. The van der Waals surface area contributed by atoms with E-state index in [1.165, 1.54) is 0 Å². The van der Waals surface area contributed by atoms with Crippen LogP contribution in [0.25, 0.3) is 0 Å². The molecular weight excluding hydrogens is 314 g/mol. The van der Waals surface area contributed by atoms with Crippen molar-refractivity contribution in [3.63, 3.8) is 0 Å². The van der Waals surface area contributed by atoms with Crippen molar-refractivity contribution in [1.29, 1.82) is 0 Å². The Kier molecular flexibility index (Phi) is 6.05. The van der Waals surface area contributed by atoms with Crippen molar-refractivity contribution < 1.29 is 9.22 Å². The number of carbonyl (C=O) groups excluding carboxylic acids is 1. The lowest BCUT2D eigenvalue weighted by molar-refractivity contribution is 0.0912. The van der Waals surface area contributed by atoms with E-state index in [4.69, 9.17) is 4.43 Å². The van der Waals surface area contributed by atoms with E-state index in [-0.39, 0.29) is 16.9 Å². The fourth-order valence-electron chi connectivity index (χ4n) is 3.13. The van der Waals surface area contributed by atoms with Crippen molar-refractivity contribution in [2.24, 2.45) is 0 Å². The summed E-state index contributed by atoms with van der Waals surface area (Å²) in [6.07, 6.45) is 2.38. The number of Topliss-reactive ketones (excluding diaryl/α,β-unsaturated/α-hetero) is 1. The maximum absolute atomic E-state index is 12.5. The number of ketones is 1. The minimum absolute atomic E-state index is 0.210. The monoisotopic (exact) mass is 347 g/mol. The van der Waals surface area contributed by atoms with Gasteiger partial charge in [-0.1, -0.05) is 58.0 Å². The fraction of sp³-hybridized carbons (Fsp3) is 0.650. The highest BCUT2D eigenvalue weighted by Crippen LogP contribution is 2.39. The molecule has 1 aliphatic rings. The molecule has 0 spiro atoms. The second kappa shape index (κ2) is 7.50. The van der Waals surface area contributed by atoms with E-state index in [1.54, 1.807) is 0 Å². The SMILES string of the molecule is CC[C@H]1C[C@@H](O[Si](C)(C)C(C)(C)C)CN1CC(=O)c1ccccc1. The summed E-state index contributed by atoms with van der Waals surface area (Å²) >= 11 is 0. The zero-order valence-electron chi connectivity index (χ0n) is 16.1. The molecule has 1 saturated heterocycles. The molecule has 0 bridgehead atoms. The Balaban J connectivity index is 2.01. The summed E-state index contributed by atoms with van der Waals surface area (Å²) in [6.45, 7) is 15.0. The summed E-state index contributed by atoms with van der Waals surface area (Å²) in [5.41, 5.74) is 0.807. The molecule has 1 aromatic carbocycles. The van der Waals surface area contributed by atoms with Crippen molar-refractivity contribution in [2.45, 2.75) is 70.8 Å². The summed E-state index contributed by atoms with van der Waals surface area (Å²) in [4.78, 5) is 14.9. The predicted molar refractivity (Wildman–Crippen MR) is 103 cm³/mol. The lowest BCUT2D eigenvalue weighted by Gasteiger charge is -2.38. The fourth-order valence-corrected chi connectivity index (χ4v) is 4.49. The third-order valence-electron chi connectivity index (χ3n) is 5.67. The maximum Gasteiger partial charge on any atom is 0.192 e. The molecule has 134 valence electrons. The quantitative estimate of drug-likeness (QED) is 0.550. The first-order valence-corrected chi connectivity index (χ1v) is 12.0. The Morgan fingerprint density at radius 1 is 1.25 bits per heavy atom. The van der Waals surface area contributed by atoms with Crippen molar-refractivity contribution in [3.05, 3.63) is 35.9 Å². The molecular formula is C20H33NO2Si. The summed E-state index contributed by atoms with van der Waals surface area (Å²) in [7, 11) is -1.76. The highest BCUT2D eigenvalue weighted by Gasteiger charge is 2.42. The van der Waals surface area contributed by atoms with Crippen LogP contribution in [0.4, 0.5) is 0 Å². The van der Waals surface area contributed by atoms with Crippen molar-refractivity contribution in [1.82, 2.24) is 4.90 Å². The molecule has 1 fully saturated rings.